The van der Waals surface area contributed by atoms with Crippen LogP contribution in [0.25, 0.3) is 0 Å². The Morgan fingerprint density at radius 1 is 0.742 bits per heavy atom. The first-order chi connectivity index (χ1) is 15.0. The molecule has 0 saturated heterocycles. The van der Waals surface area contributed by atoms with Crippen molar-refractivity contribution in [3.05, 3.63) is 72.9 Å². The number of carboxylic acid groups (broad SMARTS) is 1. The van der Waals surface area contributed by atoms with Gasteiger partial charge in [0, 0.05) is 6.42 Å². The molecule has 5 nitrogen and oxygen atoms in total. The third kappa shape index (κ3) is 19.1. The molecule has 5 heteroatoms. The quantitative estimate of drug-likeness (QED) is 0.270. The topological polar surface area (TPSA) is 86.6 Å². The van der Waals surface area contributed by atoms with Gasteiger partial charge in [0.15, 0.2) is 6.04 Å². The van der Waals surface area contributed by atoms with Crippen LogP contribution < -0.4 is 5.32 Å². The summed E-state index contributed by atoms with van der Waals surface area (Å²) >= 11 is 0. The Balaban J connectivity index is 3.76. The lowest BCUT2D eigenvalue weighted by atomic mass is 10.1. The fraction of sp³-hybridized carbons (Fsp3) is 0.462. The number of carboxylic acids is 1. The number of aliphatic hydroxyl groups excluding tert-OH is 1. The molecule has 0 radical (unpaired) electrons. The van der Waals surface area contributed by atoms with E-state index in [0.29, 0.717) is 6.42 Å². The first-order valence-electron chi connectivity index (χ1n) is 11.1. The zero-order chi connectivity index (χ0) is 23.2. The minimum atomic E-state index is -1.27. The van der Waals surface area contributed by atoms with Gasteiger partial charge in [-0.25, -0.2) is 4.79 Å². The van der Waals surface area contributed by atoms with E-state index in [1.54, 1.807) is 0 Å². The summed E-state index contributed by atoms with van der Waals surface area (Å²) in [4.78, 5) is 22.6. The van der Waals surface area contributed by atoms with E-state index in [1.165, 1.54) is 6.92 Å². The van der Waals surface area contributed by atoms with Crippen LogP contribution in [0.5, 0.6) is 0 Å². The number of hydrogen-bond donors (Lipinski definition) is 3. The fourth-order valence-corrected chi connectivity index (χ4v) is 2.49. The molecule has 3 N–H and O–H groups in total. The number of carbonyl (C=O) groups is 2. The Kier molecular flexibility index (Phi) is 18.8. The van der Waals surface area contributed by atoms with Crippen LogP contribution >= 0.6 is 0 Å². The van der Waals surface area contributed by atoms with Crippen molar-refractivity contribution in [2.24, 2.45) is 0 Å². The molecule has 0 heterocycles. The molecule has 0 fully saturated rings. The third-order valence-corrected chi connectivity index (χ3v) is 4.20. The second-order valence-corrected chi connectivity index (χ2v) is 7.08. The van der Waals surface area contributed by atoms with Crippen LogP contribution in [0.4, 0.5) is 0 Å². The molecule has 0 aliphatic heterocycles. The lowest BCUT2D eigenvalue weighted by Crippen LogP contribution is -2.47. The van der Waals surface area contributed by atoms with Crippen LogP contribution in [0.1, 0.15) is 65.2 Å². The highest BCUT2D eigenvalue weighted by molar-refractivity contribution is 5.83. The minimum absolute atomic E-state index is 0.193. The van der Waals surface area contributed by atoms with Gasteiger partial charge in [0.05, 0.1) is 6.10 Å². The number of allylic oxidation sites excluding steroid dienone is 12. The van der Waals surface area contributed by atoms with E-state index in [4.69, 9.17) is 5.11 Å². The summed E-state index contributed by atoms with van der Waals surface area (Å²) < 4.78 is 0. The van der Waals surface area contributed by atoms with Gasteiger partial charge in [-0.05, 0) is 51.9 Å². The van der Waals surface area contributed by atoms with Crippen molar-refractivity contribution in [1.82, 2.24) is 5.32 Å². The average molecular weight is 430 g/mol. The van der Waals surface area contributed by atoms with Gasteiger partial charge < -0.3 is 15.5 Å². The molecule has 0 aliphatic rings. The van der Waals surface area contributed by atoms with Gasteiger partial charge in [0.2, 0.25) is 5.91 Å². The van der Waals surface area contributed by atoms with Crippen molar-refractivity contribution in [1.29, 1.82) is 0 Å². The fourth-order valence-electron chi connectivity index (χ4n) is 2.49. The Morgan fingerprint density at radius 3 is 1.48 bits per heavy atom. The lowest BCUT2D eigenvalue weighted by molar-refractivity contribution is -0.144. The van der Waals surface area contributed by atoms with E-state index in [2.05, 4.69) is 73.0 Å². The van der Waals surface area contributed by atoms with E-state index < -0.39 is 18.1 Å². The highest BCUT2D eigenvalue weighted by Crippen LogP contribution is 1.99. The summed E-state index contributed by atoms with van der Waals surface area (Å²) in [6.07, 6.45) is 30.7. The standard InChI is InChI=1S/C26H39NO4/c1-3-4-5-6-7-8-9-10-11-12-13-14-15-16-17-18-19-20-21-22-24(29)27-25(23(2)28)26(30)31/h4-5,7-8,10-11,13-14,16-17,19-20,23,25,28H,3,6,9,12,15,18,21-22H2,1-2H3,(H,27,29)(H,30,31)/b5-4+,8-7+,11-10+,14-13+,17-16+,20-19+. The van der Waals surface area contributed by atoms with E-state index in [1.807, 2.05) is 12.2 Å². The maximum atomic E-state index is 11.7. The second kappa shape index (κ2) is 20.6. The SMILES string of the molecule is CC/C=C/C/C=C/C/C=C/C/C=C/C/C=C/C/C=C/CCC(=O)NC(C(=O)O)C(C)O. The molecule has 0 aliphatic carbocycles. The summed E-state index contributed by atoms with van der Waals surface area (Å²) in [5, 5.41) is 20.6. The summed E-state index contributed by atoms with van der Waals surface area (Å²) in [5.41, 5.74) is 0. The van der Waals surface area contributed by atoms with Crippen LogP contribution in [0.15, 0.2) is 72.9 Å². The summed E-state index contributed by atoms with van der Waals surface area (Å²) in [6, 6.07) is -1.27. The van der Waals surface area contributed by atoms with E-state index in [-0.39, 0.29) is 12.3 Å². The van der Waals surface area contributed by atoms with Crippen molar-refractivity contribution >= 4 is 11.9 Å². The lowest BCUT2D eigenvalue weighted by Gasteiger charge is -2.16. The molecule has 2 unspecified atom stereocenters. The van der Waals surface area contributed by atoms with Crippen molar-refractivity contribution in [2.75, 3.05) is 0 Å². The van der Waals surface area contributed by atoms with Gasteiger partial charge in [-0.15, -0.1) is 0 Å². The molecular formula is C26H39NO4. The Hall–Kier alpha value is -2.66. The van der Waals surface area contributed by atoms with Gasteiger partial charge in [0.1, 0.15) is 0 Å². The molecule has 0 aromatic rings. The molecule has 0 spiro atoms. The van der Waals surface area contributed by atoms with Gasteiger partial charge >= 0.3 is 5.97 Å². The monoisotopic (exact) mass is 429 g/mol. The highest BCUT2D eigenvalue weighted by atomic mass is 16.4. The number of aliphatic carboxylic acids is 1. The van der Waals surface area contributed by atoms with Crippen molar-refractivity contribution < 1.29 is 19.8 Å². The number of hydrogen-bond acceptors (Lipinski definition) is 3. The van der Waals surface area contributed by atoms with E-state index in [9.17, 15) is 14.7 Å². The molecule has 0 rings (SSSR count). The molecule has 172 valence electrons. The highest BCUT2D eigenvalue weighted by Gasteiger charge is 2.24. The summed E-state index contributed by atoms with van der Waals surface area (Å²) in [5.74, 6) is -1.62. The molecule has 0 aromatic heterocycles. The zero-order valence-corrected chi connectivity index (χ0v) is 19.0. The molecule has 0 saturated carbocycles. The maximum absolute atomic E-state index is 11.7. The summed E-state index contributed by atoms with van der Waals surface area (Å²) in [7, 11) is 0. The molecule has 0 bridgehead atoms. The number of carbonyl (C=O) groups excluding carboxylic acids is 1. The Morgan fingerprint density at radius 2 is 1.13 bits per heavy atom. The van der Waals surface area contributed by atoms with Crippen molar-refractivity contribution in [3.63, 3.8) is 0 Å². The average Bonchev–Trinajstić information content (AvgIpc) is 2.73. The van der Waals surface area contributed by atoms with Crippen molar-refractivity contribution in [3.8, 4) is 0 Å². The van der Waals surface area contributed by atoms with E-state index >= 15 is 0 Å². The van der Waals surface area contributed by atoms with Gasteiger partial charge in [-0.3, -0.25) is 4.79 Å². The van der Waals surface area contributed by atoms with Crippen molar-refractivity contribution in [2.45, 2.75) is 77.4 Å². The molecule has 2 atom stereocenters. The number of aliphatic hydroxyl groups is 1. The molecule has 0 aromatic carbocycles. The first kappa shape index (κ1) is 28.3. The Bertz CT molecular complexity index is 654. The van der Waals surface area contributed by atoms with Crippen LogP contribution in [0, 0.1) is 0 Å². The third-order valence-electron chi connectivity index (χ3n) is 4.20. The van der Waals surface area contributed by atoms with Gasteiger partial charge in [-0.2, -0.15) is 0 Å². The first-order valence-corrected chi connectivity index (χ1v) is 11.1. The zero-order valence-electron chi connectivity index (χ0n) is 19.0. The van der Waals surface area contributed by atoms with E-state index in [0.717, 1.165) is 38.5 Å². The smallest absolute Gasteiger partial charge is 0.328 e. The predicted octanol–water partition coefficient (Wildman–Crippen LogP) is 5.41. The van der Waals surface area contributed by atoms with Crippen LogP contribution in [-0.4, -0.2) is 34.2 Å². The Labute approximate surface area is 187 Å². The normalized spacial score (nSPS) is 14.7. The van der Waals surface area contributed by atoms with Crippen LogP contribution in [0.2, 0.25) is 0 Å². The number of rotatable bonds is 17. The molecule has 31 heavy (non-hydrogen) atoms. The maximum Gasteiger partial charge on any atom is 0.328 e. The van der Waals surface area contributed by atoms with Gasteiger partial charge in [0.25, 0.3) is 0 Å². The van der Waals surface area contributed by atoms with Crippen LogP contribution in [-0.2, 0) is 9.59 Å². The molecular weight excluding hydrogens is 390 g/mol. The molecule has 1 amide bonds. The number of nitrogens with one attached hydrogen (secondary N) is 1. The van der Waals surface area contributed by atoms with Crippen LogP contribution in [0.3, 0.4) is 0 Å². The predicted molar refractivity (Wildman–Crippen MR) is 129 cm³/mol. The minimum Gasteiger partial charge on any atom is -0.480 e. The summed E-state index contributed by atoms with van der Waals surface area (Å²) in [6.45, 7) is 3.47. The van der Waals surface area contributed by atoms with Gasteiger partial charge in [-0.1, -0.05) is 79.8 Å². The number of amides is 1. The largest absolute Gasteiger partial charge is 0.480 e. The second-order valence-electron chi connectivity index (χ2n) is 7.08.